The quantitative estimate of drug-likeness (QED) is 0.830. The van der Waals surface area contributed by atoms with Gasteiger partial charge in [0, 0.05) is 31.2 Å². The fourth-order valence-corrected chi connectivity index (χ4v) is 5.03. The van der Waals surface area contributed by atoms with E-state index in [-0.39, 0.29) is 23.5 Å². The first-order valence-electron chi connectivity index (χ1n) is 8.13. The molecule has 0 saturated carbocycles. The molecule has 2 aromatic rings. The summed E-state index contributed by atoms with van der Waals surface area (Å²) in [5.41, 5.74) is 2.03. The highest BCUT2D eigenvalue weighted by atomic mass is 32.2. The van der Waals surface area contributed by atoms with E-state index in [1.165, 1.54) is 0 Å². The number of carbonyl (C=O) groups is 1. The van der Waals surface area contributed by atoms with Crippen LogP contribution >= 0.6 is 0 Å². The van der Waals surface area contributed by atoms with Crippen molar-refractivity contribution in [2.75, 3.05) is 18.1 Å². The Morgan fingerprint density at radius 2 is 2.21 bits per heavy atom. The Labute approximate surface area is 141 Å². The SMILES string of the molecule is CCCN(C(=O)c1cnc2c(c1)c(C)nn2C)C1CCS(=O)(=O)C1. The molecule has 0 aromatic carbocycles. The average Bonchev–Trinajstić information content (AvgIpc) is 3.03. The molecule has 1 atom stereocenters. The van der Waals surface area contributed by atoms with Gasteiger partial charge in [0.1, 0.15) is 0 Å². The molecule has 0 bridgehead atoms. The number of aromatic nitrogens is 3. The van der Waals surface area contributed by atoms with Gasteiger partial charge in [-0.25, -0.2) is 13.4 Å². The minimum atomic E-state index is -3.04. The zero-order valence-corrected chi connectivity index (χ0v) is 15.0. The Morgan fingerprint density at radius 3 is 2.83 bits per heavy atom. The van der Waals surface area contributed by atoms with E-state index in [0.717, 1.165) is 23.1 Å². The lowest BCUT2D eigenvalue weighted by molar-refractivity contribution is 0.0697. The maximum atomic E-state index is 13.0. The van der Waals surface area contributed by atoms with Gasteiger partial charge in [-0.3, -0.25) is 9.48 Å². The van der Waals surface area contributed by atoms with Crippen LogP contribution in [-0.4, -0.2) is 58.1 Å². The van der Waals surface area contributed by atoms with Gasteiger partial charge in [-0.1, -0.05) is 6.92 Å². The van der Waals surface area contributed by atoms with Crippen LogP contribution in [-0.2, 0) is 16.9 Å². The van der Waals surface area contributed by atoms with E-state index < -0.39 is 9.84 Å². The van der Waals surface area contributed by atoms with Crippen LogP contribution in [0.1, 0.15) is 35.8 Å². The van der Waals surface area contributed by atoms with Crippen molar-refractivity contribution in [3.8, 4) is 0 Å². The summed E-state index contributed by atoms with van der Waals surface area (Å²) < 4.78 is 25.2. The average molecular weight is 350 g/mol. The molecular weight excluding hydrogens is 328 g/mol. The molecule has 8 heteroatoms. The van der Waals surface area contributed by atoms with E-state index in [1.54, 1.807) is 21.8 Å². The van der Waals surface area contributed by atoms with Gasteiger partial charge in [0.2, 0.25) is 0 Å². The molecule has 0 N–H and O–H groups in total. The molecule has 1 fully saturated rings. The molecule has 1 aliphatic heterocycles. The van der Waals surface area contributed by atoms with E-state index in [4.69, 9.17) is 0 Å². The molecule has 0 aliphatic carbocycles. The number of aryl methyl sites for hydroxylation is 2. The van der Waals surface area contributed by atoms with Crippen molar-refractivity contribution in [3.05, 3.63) is 23.5 Å². The summed E-state index contributed by atoms with van der Waals surface area (Å²) in [4.78, 5) is 19.0. The first-order valence-corrected chi connectivity index (χ1v) is 9.95. The van der Waals surface area contributed by atoms with Crippen molar-refractivity contribution in [1.82, 2.24) is 19.7 Å². The Hall–Kier alpha value is -1.96. The molecule has 3 heterocycles. The zero-order chi connectivity index (χ0) is 17.5. The van der Waals surface area contributed by atoms with Gasteiger partial charge in [-0.15, -0.1) is 0 Å². The molecule has 1 amide bonds. The molecule has 1 unspecified atom stereocenters. The maximum absolute atomic E-state index is 13.0. The number of rotatable bonds is 4. The molecule has 24 heavy (non-hydrogen) atoms. The summed E-state index contributed by atoms with van der Waals surface area (Å²) in [6.45, 7) is 4.41. The summed E-state index contributed by atoms with van der Waals surface area (Å²) in [5.74, 6) is 0.0569. The number of amides is 1. The van der Waals surface area contributed by atoms with E-state index >= 15 is 0 Å². The minimum absolute atomic E-state index is 0.0559. The van der Waals surface area contributed by atoms with Gasteiger partial charge in [0.15, 0.2) is 15.5 Å². The molecule has 130 valence electrons. The Kier molecular flexibility index (Phi) is 4.33. The maximum Gasteiger partial charge on any atom is 0.255 e. The molecule has 0 spiro atoms. The lowest BCUT2D eigenvalue weighted by Gasteiger charge is -2.28. The molecule has 3 rings (SSSR count). The van der Waals surface area contributed by atoms with E-state index in [9.17, 15) is 13.2 Å². The van der Waals surface area contributed by atoms with Crippen LogP contribution in [0.15, 0.2) is 12.3 Å². The smallest absolute Gasteiger partial charge is 0.255 e. The number of hydrogen-bond donors (Lipinski definition) is 0. The van der Waals surface area contributed by atoms with Gasteiger partial charge in [-0.2, -0.15) is 5.10 Å². The molecule has 2 aromatic heterocycles. The standard InChI is InChI=1S/C16H22N4O3S/c1-4-6-20(13-5-7-24(22,23)10-13)16(21)12-8-14-11(2)18-19(3)15(14)17-9-12/h8-9,13H,4-7,10H2,1-3H3. The van der Waals surface area contributed by atoms with Crippen molar-refractivity contribution >= 4 is 26.8 Å². The molecule has 0 radical (unpaired) electrons. The van der Waals surface area contributed by atoms with Crippen LogP contribution in [0.4, 0.5) is 0 Å². The lowest BCUT2D eigenvalue weighted by Crippen LogP contribution is -2.41. The van der Waals surface area contributed by atoms with Crippen LogP contribution in [0, 0.1) is 6.92 Å². The van der Waals surface area contributed by atoms with Gasteiger partial charge < -0.3 is 4.90 Å². The second-order valence-corrected chi connectivity index (χ2v) is 8.59. The minimum Gasteiger partial charge on any atom is -0.335 e. The fourth-order valence-electron chi connectivity index (χ4n) is 3.30. The number of fused-ring (bicyclic) bond motifs is 1. The molecule has 1 aliphatic rings. The van der Waals surface area contributed by atoms with Crippen molar-refractivity contribution in [1.29, 1.82) is 0 Å². The summed E-state index contributed by atoms with van der Waals surface area (Å²) in [5, 5.41) is 5.16. The predicted octanol–water partition coefficient (Wildman–Crippen LogP) is 1.32. The Morgan fingerprint density at radius 1 is 1.46 bits per heavy atom. The Balaban J connectivity index is 1.94. The van der Waals surface area contributed by atoms with E-state index in [1.807, 2.05) is 20.9 Å². The number of sulfone groups is 1. The summed E-state index contributed by atoms with van der Waals surface area (Å²) in [6, 6.07) is 1.56. The largest absolute Gasteiger partial charge is 0.335 e. The van der Waals surface area contributed by atoms with Gasteiger partial charge in [0.25, 0.3) is 5.91 Å². The summed E-state index contributed by atoms with van der Waals surface area (Å²) in [6.07, 6.45) is 2.84. The zero-order valence-electron chi connectivity index (χ0n) is 14.2. The van der Waals surface area contributed by atoms with Gasteiger partial charge >= 0.3 is 0 Å². The van der Waals surface area contributed by atoms with Gasteiger partial charge in [-0.05, 0) is 25.8 Å². The summed E-state index contributed by atoms with van der Waals surface area (Å²) >= 11 is 0. The Bertz CT molecular complexity index is 888. The number of carbonyl (C=O) groups excluding carboxylic acids is 1. The molecule has 7 nitrogen and oxygen atoms in total. The van der Waals surface area contributed by atoms with Crippen molar-refractivity contribution in [2.24, 2.45) is 7.05 Å². The normalized spacial score (nSPS) is 19.7. The fraction of sp³-hybridized carbons (Fsp3) is 0.562. The van der Waals surface area contributed by atoms with Crippen LogP contribution in [0.3, 0.4) is 0 Å². The number of nitrogens with zero attached hydrogens (tertiary/aromatic N) is 4. The third kappa shape index (κ3) is 3.02. The first kappa shape index (κ1) is 16.9. The van der Waals surface area contributed by atoms with E-state index in [0.29, 0.717) is 18.5 Å². The molecular formula is C16H22N4O3S. The second-order valence-electron chi connectivity index (χ2n) is 6.36. The molecule has 1 saturated heterocycles. The van der Waals surface area contributed by atoms with Crippen molar-refractivity contribution in [3.63, 3.8) is 0 Å². The van der Waals surface area contributed by atoms with E-state index in [2.05, 4.69) is 10.1 Å². The lowest BCUT2D eigenvalue weighted by atomic mass is 10.1. The highest BCUT2D eigenvalue weighted by Gasteiger charge is 2.34. The highest BCUT2D eigenvalue weighted by Crippen LogP contribution is 2.22. The van der Waals surface area contributed by atoms with Crippen molar-refractivity contribution < 1.29 is 13.2 Å². The van der Waals surface area contributed by atoms with Crippen LogP contribution < -0.4 is 0 Å². The third-order valence-corrected chi connectivity index (χ3v) is 6.23. The van der Waals surface area contributed by atoms with Crippen molar-refractivity contribution in [2.45, 2.75) is 32.7 Å². The first-order chi connectivity index (χ1) is 11.3. The number of pyridine rings is 1. The van der Waals surface area contributed by atoms with Crippen LogP contribution in [0.2, 0.25) is 0 Å². The van der Waals surface area contributed by atoms with Gasteiger partial charge in [0.05, 0.1) is 22.8 Å². The third-order valence-electron chi connectivity index (χ3n) is 4.48. The highest BCUT2D eigenvalue weighted by molar-refractivity contribution is 7.91. The van der Waals surface area contributed by atoms with Crippen LogP contribution in [0.25, 0.3) is 11.0 Å². The topological polar surface area (TPSA) is 85.2 Å². The number of hydrogen-bond acceptors (Lipinski definition) is 5. The van der Waals surface area contributed by atoms with Crippen LogP contribution in [0.5, 0.6) is 0 Å². The monoisotopic (exact) mass is 350 g/mol. The second kappa shape index (κ2) is 6.16. The summed E-state index contributed by atoms with van der Waals surface area (Å²) in [7, 11) is -1.22. The predicted molar refractivity (Wildman–Crippen MR) is 91.6 cm³/mol.